The highest BCUT2D eigenvalue weighted by atomic mass is 35.5. The Kier molecular flexibility index (Phi) is 3.49. The highest BCUT2D eigenvalue weighted by molar-refractivity contribution is 6.31. The van der Waals surface area contributed by atoms with Crippen LogP contribution in [0, 0.1) is 5.92 Å². The van der Waals surface area contributed by atoms with Crippen molar-refractivity contribution in [2.75, 3.05) is 25.0 Å². The molecule has 2 heterocycles. The molecule has 1 aliphatic heterocycles. The molecule has 20 heavy (non-hydrogen) atoms. The fourth-order valence-corrected chi connectivity index (χ4v) is 2.83. The number of nitrogens with one attached hydrogen (secondary N) is 1. The largest absolute Gasteiger partial charge is 0.359 e. The van der Waals surface area contributed by atoms with Crippen LogP contribution in [0.25, 0.3) is 10.9 Å². The fourth-order valence-electron chi connectivity index (χ4n) is 2.65. The summed E-state index contributed by atoms with van der Waals surface area (Å²) in [6.07, 6.45) is 0.875. The van der Waals surface area contributed by atoms with Crippen LogP contribution in [0.2, 0.25) is 5.02 Å². The van der Waals surface area contributed by atoms with Crippen LogP contribution < -0.4 is 10.2 Å². The molecule has 1 unspecified atom stereocenters. The number of benzene rings is 1. The van der Waals surface area contributed by atoms with Crippen molar-refractivity contribution >= 4 is 34.2 Å². The number of nitrogens with zero attached hydrogens (tertiary/aromatic N) is 2. The lowest BCUT2D eigenvalue weighted by molar-refractivity contribution is -0.123. The molecule has 5 heteroatoms. The minimum absolute atomic E-state index is 0.0581. The van der Waals surface area contributed by atoms with Gasteiger partial charge in [0.1, 0.15) is 5.82 Å². The van der Waals surface area contributed by atoms with Gasteiger partial charge in [-0.05, 0) is 36.8 Å². The summed E-state index contributed by atoms with van der Waals surface area (Å²) in [6, 6.07) is 9.69. The van der Waals surface area contributed by atoms with Gasteiger partial charge >= 0.3 is 0 Å². The molecule has 2 aromatic rings. The number of aromatic nitrogens is 1. The van der Waals surface area contributed by atoms with Crippen LogP contribution >= 0.6 is 11.6 Å². The molecule has 1 N–H and O–H groups in total. The molecule has 1 fully saturated rings. The minimum Gasteiger partial charge on any atom is -0.359 e. The fraction of sp³-hybridized carbons (Fsp3) is 0.333. The molecule has 1 aromatic carbocycles. The van der Waals surface area contributed by atoms with E-state index in [1.807, 2.05) is 30.3 Å². The molecule has 0 spiro atoms. The Bertz CT molecular complexity index is 659. The topological polar surface area (TPSA) is 45.2 Å². The minimum atomic E-state index is 0.0581. The van der Waals surface area contributed by atoms with Gasteiger partial charge < -0.3 is 10.2 Å². The maximum Gasteiger partial charge on any atom is 0.224 e. The molecule has 0 aliphatic carbocycles. The third-order valence-electron chi connectivity index (χ3n) is 3.77. The first-order valence-electron chi connectivity index (χ1n) is 6.70. The Labute approximate surface area is 122 Å². The highest BCUT2D eigenvalue weighted by Gasteiger charge is 2.28. The average Bonchev–Trinajstić information content (AvgIpc) is 2.95. The van der Waals surface area contributed by atoms with Crippen LogP contribution in [0.5, 0.6) is 0 Å². The van der Waals surface area contributed by atoms with Crippen molar-refractivity contribution in [2.45, 2.75) is 6.42 Å². The number of anilines is 1. The summed E-state index contributed by atoms with van der Waals surface area (Å²) in [5, 5.41) is 4.46. The summed E-state index contributed by atoms with van der Waals surface area (Å²) in [6.45, 7) is 1.59. The summed E-state index contributed by atoms with van der Waals surface area (Å²) in [5.41, 5.74) is 0.926. The number of carbonyl (C=O) groups is 1. The Morgan fingerprint density at radius 3 is 3.05 bits per heavy atom. The average molecular weight is 290 g/mol. The Morgan fingerprint density at radius 2 is 2.25 bits per heavy atom. The normalized spacial score (nSPS) is 18.5. The van der Waals surface area contributed by atoms with Gasteiger partial charge in [0.2, 0.25) is 5.91 Å². The number of amides is 1. The smallest absolute Gasteiger partial charge is 0.224 e. The van der Waals surface area contributed by atoms with Crippen molar-refractivity contribution in [3.63, 3.8) is 0 Å². The van der Waals surface area contributed by atoms with Gasteiger partial charge in [0.15, 0.2) is 0 Å². The van der Waals surface area contributed by atoms with Crippen molar-refractivity contribution in [2.24, 2.45) is 5.92 Å². The van der Waals surface area contributed by atoms with Gasteiger partial charge in [0.25, 0.3) is 0 Å². The second-order valence-electron chi connectivity index (χ2n) is 5.05. The van der Waals surface area contributed by atoms with Gasteiger partial charge in [0, 0.05) is 30.5 Å². The van der Waals surface area contributed by atoms with Gasteiger partial charge in [-0.1, -0.05) is 11.6 Å². The molecule has 3 rings (SSSR count). The first-order valence-corrected chi connectivity index (χ1v) is 7.08. The van der Waals surface area contributed by atoms with Gasteiger partial charge in [0.05, 0.1) is 11.4 Å². The van der Waals surface area contributed by atoms with Crippen LogP contribution in [-0.2, 0) is 4.79 Å². The van der Waals surface area contributed by atoms with Crippen molar-refractivity contribution < 1.29 is 4.79 Å². The van der Waals surface area contributed by atoms with Crippen molar-refractivity contribution in [1.29, 1.82) is 0 Å². The molecule has 4 nitrogen and oxygen atoms in total. The number of pyridine rings is 1. The lowest BCUT2D eigenvalue weighted by atomic mass is 10.1. The van der Waals surface area contributed by atoms with Crippen LogP contribution in [0.3, 0.4) is 0 Å². The second kappa shape index (κ2) is 5.29. The molecule has 1 saturated heterocycles. The third kappa shape index (κ3) is 2.43. The first-order chi connectivity index (χ1) is 9.67. The Morgan fingerprint density at radius 1 is 1.40 bits per heavy atom. The maximum absolute atomic E-state index is 11.7. The van der Waals surface area contributed by atoms with E-state index in [-0.39, 0.29) is 11.8 Å². The highest BCUT2D eigenvalue weighted by Crippen LogP contribution is 2.25. The van der Waals surface area contributed by atoms with E-state index in [0.717, 1.165) is 36.2 Å². The van der Waals surface area contributed by atoms with Crippen LogP contribution in [-0.4, -0.2) is 31.0 Å². The number of rotatable bonds is 2. The van der Waals surface area contributed by atoms with E-state index >= 15 is 0 Å². The first kappa shape index (κ1) is 13.2. The number of hydrogen-bond donors (Lipinski definition) is 1. The van der Waals surface area contributed by atoms with Gasteiger partial charge in [-0.15, -0.1) is 0 Å². The van der Waals surface area contributed by atoms with E-state index in [0.29, 0.717) is 5.02 Å². The number of halogens is 1. The van der Waals surface area contributed by atoms with Crippen molar-refractivity contribution in [3.05, 3.63) is 35.4 Å². The van der Waals surface area contributed by atoms with Crippen LogP contribution in [0.15, 0.2) is 30.3 Å². The molecule has 1 aromatic heterocycles. The zero-order chi connectivity index (χ0) is 14.1. The SMILES string of the molecule is CNC(=O)C1CCN(c2ccc3cc(Cl)ccc3n2)C1. The Balaban J connectivity index is 1.84. The summed E-state index contributed by atoms with van der Waals surface area (Å²) >= 11 is 5.97. The third-order valence-corrected chi connectivity index (χ3v) is 4.00. The van der Waals surface area contributed by atoms with E-state index in [9.17, 15) is 4.79 Å². The van der Waals surface area contributed by atoms with Gasteiger partial charge in [-0.2, -0.15) is 0 Å². The zero-order valence-corrected chi connectivity index (χ0v) is 12.0. The number of fused-ring (bicyclic) bond motifs is 1. The monoisotopic (exact) mass is 289 g/mol. The van der Waals surface area contributed by atoms with Gasteiger partial charge in [-0.25, -0.2) is 4.98 Å². The summed E-state index contributed by atoms with van der Waals surface area (Å²) < 4.78 is 0. The quantitative estimate of drug-likeness (QED) is 0.924. The summed E-state index contributed by atoms with van der Waals surface area (Å²) in [4.78, 5) is 18.5. The van der Waals surface area contributed by atoms with E-state index < -0.39 is 0 Å². The molecule has 1 amide bonds. The van der Waals surface area contributed by atoms with E-state index in [1.54, 1.807) is 7.05 Å². The molecule has 0 bridgehead atoms. The molecule has 0 radical (unpaired) electrons. The molecule has 1 aliphatic rings. The van der Waals surface area contributed by atoms with Gasteiger partial charge in [-0.3, -0.25) is 4.79 Å². The number of hydrogen-bond acceptors (Lipinski definition) is 3. The van der Waals surface area contributed by atoms with Crippen molar-refractivity contribution in [1.82, 2.24) is 10.3 Å². The maximum atomic E-state index is 11.7. The predicted octanol–water partition coefficient (Wildman–Crippen LogP) is 2.46. The summed E-state index contributed by atoms with van der Waals surface area (Å²) in [5.74, 6) is 1.09. The van der Waals surface area contributed by atoms with E-state index in [1.165, 1.54) is 0 Å². The Hall–Kier alpha value is -1.81. The predicted molar refractivity (Wildman–Crippen MR) is 81.1 cm³/mol. The molecular weight excluding hydrogens is 274 g/mol. The summed E-state index contributed by atoms with van der Waals surface area (Å²) in [7, 11) is 1.68. The zero-order valence-electron chi connectivity index (χ0n) is 11.3. The second-order valence-corrected chi connectivity index (χ2v) is 5.49. The molecule has 104 valence electrons. The lowest BCUT2D eigenvalue weighted by Crippen LogP contribution is -2.30. The molecule has 1 atom stereocenters. The molecular formula is C15H16ClN3O. The van der Waals surface area contributed by atoms with Crippen LogP contribution in [0.1, 0.15) is 6.42 Å². The standard InChI is InChI=1S/C15H16ClN3O/c1-17-15(20)11-6-7-19(9-11)14-5-2-10-8-12(16)3-4-13(10)18-14/h2-5,8,11H,6-7,9H2,1H3,(H,17,20). The van der Waals surface area contributed by atoms with Crippen LogP contribution in [0.4, 0.5) is 5.82 Å². The van der Waals surface area contributed by atoms with Crippen molar-refractivity contribution in [3.8, 4) is 0 Å². The lowest BCUT2D eigenvalue weighted by Gasteiger charge is -2.17. The number of carbonyl (C=O) groups excluding carboxylic acids is 1. The van der Waals surface area contributed by atoms with E-state index in [2.05, 4.69) is 15.2 Å². The molecule has 0 saturated carbocycles. The van der Waals surface area contributed by atoms with E-state index in [4.69, 9.17) is 11.6 Å².